The molecule has 3 nitrogen and oxygen atoms in total. The summed E-state index contributed by atoms with van der Waals surface area (Å²) in [5.74, 6) is -0.818. The van der Waals surface area contributed by atoms with Gasteiger partial charge in [-0.15, -0.1) is 0 Å². The van der Waals surface area contributed by atoms with Crippen LogP contribution in [0.4, 0.5) is 0 Å². The van der Waals surface area contributed by atoms with Crippen LogP contribution in [0.25, 0.3) is 0 Å². The standard InChI is InChI=1S/C17H25NO2/c1-18(13-12-14-8-4-2-5-9-14)16-11-7-3-6-10-15(16)17(19)20/h2,4-5,8-9,15-16H,3,6-7,10-13H2,1H3,(H,19,20). The van der Waals surface area contributed by atoms with Gasteiger partial charge in [-0.25, -0.2) is 0 Å². The average Bonchev–Trinajstić information content (AvgIpc) is 2.71. The van der Waals surface area contributed by atoms with E-state index in [-0.39, 0.29) is 12.0 Å². The second-order valence-corrected chi connectivity index (χ2v) is 5.87. The fourth-order valence-electron chi connectivity index (χ4n) is 3.22. The van der Waals surface area contributed by atoms with E-state index in [1.807, 2.05) is 6.07 Å². The number of likely N-dealkylation sites (N-methyl/N-ethyl adjacent to an activating group) is 1. The zero-order valence-electron chi connectivity index (χ0n) is 12.3. The summed E-state index contributed by atoms with van der Waals surface area (Å²) < 4.78 is 0. The van der Waals surface area contributed by atoms with Crippen LogP contribution in [0.5, 0.6) is 0 Å². The number of carboxylic acid groups (broad SMARTS) is 1. The third-order valence-corrected chi connectivity index (χ3v) is 4.46. The Balaban J connectivity index is 1.94. The van der Waals surface area contributed by atoms with E-state index in [9.17, 15) is 9.90 Å². The Hall–Kier alpha value is -1.35. The number of aliphatic carboxylic acids is 1. The second kappa shape index (κ2) is 7.44. The lowest BCUT2D eigenvalue weighted by atomic mass is 9.93. The van der Waals surface area contributed by atoms with Crippen molar-refractivity contribution in [3.05, 3.63) is 35.9 Å². The highest BCUT2D eigenvalue weighted by Crippen LogP contribution is 2.27. The molecule has 1 fully saturated rings. The molecule has 1 aromatic rings. The minimum Gasteiger partial charge on any atom is -0.481 e. The normalized spacial score (nSPS) is 23.5. The molecule has 0 spiro atoms. The Kier molecular flexibility index (Phi) is 5.60. The van der Waals surface area contributed by atoms with Gasteiger partial charge in [-0.1, -0.05) is 49.6 Å². The van der Waals surface area contributed by atoms with Crippen molar-refractivity contribution in [2.75, 3.05) is 13.6 Å². The highest BCUT2D eigenvalue weighted by Gasteiger charge is 2.31. The van der Waals surface area contributed by atoms with Gasteiger partial charge in [0.2, 0.25) is 0 Å². The van der Waals surface area contributed by atoms with E-state index in [0.29, 0.717) is 0 Å². The van der Waals surface area contributed by atoms with Crippen LogP contribution in [-0.4, -0.2) is 35.6 Å². The number of benzene rings is 1. The fourth-order valence-corrected chi connectivity index (χ4v) is 3.22. The number of rotatable bonds is 5. The number of hydrogen-bond acceptors (Lipinski definition) is 2. The Morgan fingerprint density at radius 1 is 1.20 bits per heavy atom. The van der Waals surface area contributed by atoms with E-state index >= 15 is 0 Å². The molecule has 0 aromatic heterocycles. The van der Waals surface area contributed by atoms with Gasteiger partial charge in [-0.05, 0) is 31.9 Å². The van der Waals surface area contributed by atoms with Crippen molar-refractivity contribution in [3.8, 4) is 0 Å². The van der Waals surface area contributed by atoms with E-state index in [1.165, 1.54) is 12.0 Å². The van der Waals surface area contributed by atoms with Crippen LogP contribution in [0, 0.1) is 5.92 Å². The van der Waals surface area contributed by atoms with Crippen LogP contribution < -0.4 is 0 Å². The monoisotopic (exact) mass is 275 g/mol. The maximum atomic E-state index is 11.5. The summed E-state index contributed by atoms with van der Waals surface area (Å²) in [6, 6.07) is 10.6. The summed E-state index contributed by atoms with van der Waals surface area (Å²) in [6.45, 7) is 0.929. The van der Waals surface area contributed by atoms with Gasteiger partial charge in [0.25, 0.3) is 0 Å². The van der Waals surface area contributed by atoms with Crippen molar-refractivity contribution in [1.82, 2.24) is 4.90 Å². The molecule has 0 radical (unpaired) electrons. The summed E-state index contributed by atoms with van der Waals surface area (Å²) in [4.78, 5) is 13.7. The van der Waals surface area contributed by atoms with Gasteiger partial charge < -0.3 is 10.0 Å². The largest absolute Gasteiger partial charge is 0.481 e. The van der Waals surface area contributed by atoms with Crippen molar-refractivity contribution in [3.63, 3.8) is 0 Å². The number of hydrogen-bond donors (Lipinski definition) is 1. The van der Waals surface area contributed by atoms with Crippen LogP contribution in [0.3, 0.4) is 0 Å². The first-order chi connectivity index (χ1) is 9.68. The van der Waals surface area contributed by atoms with Crippen molar-refractivity contribution < 1.29 is 9.90 Å². The molecule has 1 N–H and O–H groups in total. The molecular formula is C17H25NO2. The second-order valence-electron chi connectivity index (χ2n) is 5.87. The number of carboxylic acids is 1. The molecule has 0 heterocycles. The lowest BCUT2D eigenvalue weighted by Gasteiger charge is -2.31. The van der Waals surface area contributed by atoms with E-state index in [0.717, 1.165) is 38.6 Å². The lowest BCUT2D eigenvalue weighted by molar-refractivity contribution is -0.144. The predicted octanol–water partition coefficient (Wildman–Crippen LogP) is 3.19. The van der Waals surface area contributed by atoms with Crippen molar-refractivity contribution >= 4 is 5.97 Å². The summed E-state index contributed by atoms with van der Waals surface area (Å²) in [6.07, 6.45) is 6.22. The third kappa shape index (κ3) is 4.07. The topological polar surface area (TPSA) is 40.5 Å². The average molecular weight is 275 g/mol. The molecule has 110 valence electrons. The summed E-state index contributed by atoms with van der Waals surface area (Å²) in [7, 11) is 2.08. The molecule has 20 heavy (non-hydrogen) atoms. The van der Waals surface area contributed by atoms with Crippen molar-refractivity contribution in [1.29, 1.82) is 0 Å². The van der Waals surface area contributed by atoms with Crippen LogP contribution in [-0.2, 0) is 11.2 Å². The van der Waals surface area contributed by atoms with E-state index < -0.39 is 5.97 Å². The van der Waals surface area contributed by atoms with Crippen LogP contribution in [0.1, 0.15) is 37.7 Å². The Bertz CT molecular complexity index is 418. The van der Waals surface area contributed by atoms with E-state index in [4.69, 9.17) is 0 Å². The highest BCUT2D eigenvalue weighted by atomic mass is 16.4. The first-order valence-electron chi connectivity index (χ1n) is 7.65. The summed E-state index contributed by atoms with van der Waals surface area (Å²) >= 11 is 0. The lowest BCUT2D eigenvalue weighted by Crippen LogP contribution is -2.41. The van der Waals surface area contributed by atoms with Crippen LogP contribution >= 0.6 is 0 Å². The third-order valence-electron chi connectivity index (χ3n) is 4.46. The van der Waals surface area contributed by atoms with Crippen LogP contribution in [0.2, 0.25) is 0 Å². The fraction of sp³-hybridized carbons (Fsp3) is 0.588. The molecular weight excluding hydrogens is 250 g/mol. The first-order valence-corrected chi connectivity index (χ1v) is 7.65. The molecule has 1 aliphatic rings. The predicted molar refractivity (Wildman–Crippen MR) is 80.8 cm³/mol. The van der Waals surface area contributed by atoms with Gasteiger partial charge in [-0.2, -0.15) is 0 Å². The molecule has 1 saturated carbocycles. The SMILES string of the molecule is CN(CCc1ccccc1)C1CCCCCC1C(=O)O. The Morgan fingerprint density at radius 3 is 2.60 bits per heavy atom. The molecule has 0 amide bonds. The zero-order chi connectivity index (χ0) is 14.4. The van der Waals surface area contributed by atoms with Gasteiger partial charge in [-0.3, -0.25) is 4.79 Å². The summed E-state index contributed by atoms with van der Waals surface area (Å²) in [5.41, 5.74) is 1.32. The van der Waals surface area contributed by atoms with Gasteiger partial charge >= 0.3 is 5.97 Å². The van der Waals surface area contributed by atoms with Gasteiger partial charge in [0.15, 0.2) is 0 Å². The molecule has 3 heteroatoms. The smallest absolute Gasteiger partial charge is 0.308 e. The minimum absolute atomic E-state index is 0.193. The van der Waals surface area contributed by atoms with Gasteiger partial charge in [0.1, 0.15) is 0 Å². The van der Waals surface area contributed by atoms with Gasteiger partial charge in [0, 0.05) is 12.6 Å². The van der Waals surface area contributed by atoms with E-state index in [2.05, 4.69) is 36.2 Å². The molecule has 0 saturated heterocycles. The number of carbonyl (C=O) groups is 1. The number of nitrogens with zero attached hydrogens (tertiary/aromatic N) is 1. The highest BCUT2D eigenvalue weighted by molar-refractivity contribution is 5.70. The Morgan fingerprint density at radius 2 is 1.90 bits per heavy atom. The molecule has 2 atom stereocenters. The molecule has 2 rings (SSSR count). The molecule has 1 aliphatic carbocycles. The molecule has 0 bridgehead atoms. The Labute approximate surface area is 121 Å². The molecule has 2 unspecified atom stereocenters. The van der Waals surface area contributed by atoms with Crippen molar-refractivity contribution in [2.24, 2.45) is 5.92 Å². The quantitative estimate of drug-likeness (QED) is 0.839. The zero-order valence-corrected chi connectivity index (χ0v) is 12.3. The van der Waals surface area contributed by atoms with Gasteiger partial charge in [0.05, 0.1) is 5.92 Å². The molecule has 0 aliphatic heterocycles. The molecule has 1 aromatic carbocycles. The maximum absolute atomic E-state index is 11.5. The first kappa shape index (κ1) is 15.0. The maximum Gasteiger partial charge on any atom is 0.308 e. The van der Waals surface area contributed by atoms with Crippen molar-refractivity contribution in [2.45, 2.75) is 44.6 Å². The minimum atomic E-state index is -0.622. The summed E-state index contributed by atoms with van der Waals surface area (Å²) in [5, 5.41) is 9.44. The van der Waals surface area contributed by atoms with E-state index in [1.54, 1.807) is 0 Å². The van der Waals surface area contributed by atoms with Crippen LogP contribution in [0.15, 0.2) is 30.3 Å².